The van der Waals surface area contributed by atoms with E-state index in [0.29, 0.717) is 48.2 Å². The molecule has 0 spiro atoms. The number of anilines is 1. The predicted molar refractivity (Wildman–Crippen MR) is 155 cm³/mol. The number of rotatable bonds is 10. The molecule has 38 heavy (non-hydrogen) atoms. The molecule has 1 aliphatic rings. The average molecular weight is 541 g/mol. The Hall–Kier alpha value is -2.83. The fourth-order valence-corrected chi connectivity index (χ4v) is 5.14. The highest BCUT2D eigenvalue weighted by Gasteiger charge is 2.38. The van der Waals surface area contributed by atoms with Gasteiger partial charge in [-0.1, -0.05) is 48.7 Å². The quantitative estimate of drug-likeness (QED) is 0.309. The van der Waals surface area contributed by atoms with Gasteiger partial charge in [0, 0.05) is 41.2 Å². The van der Waals surface area contributed by atoms with E-state index < -0.39 is 6.09 Å². The van der Waals surface area contributed by atoms with Crippen molar-refractivity contribution in [3.05, 3.63) is 80.3 Å². The second-order valence-corrected chi connectivity index (χ2v) is 11.6. The van der Waals surface area contributed by atoms with E-state index in [0.717, 1.165) is 30.5 Å². The third-order valence-electron chi connectivity index (χ3n) is 7.35. The first-order valence-corrected chi connectivity index (χ1v) is 13.8. The number of carbonyl (C=O) groups excluding carboxylic acids is 1. The lowest BCUT2D eigenvalue weighted by Crippen LogP contribution is -2.38. The summed E-state index contributed by atoms with van der Waals surface area (Å²) < 4.78 is 7.48. The lowest BCUT2D eigenvalue weighted by Gasteiger charge is -2.41. The maximum Gasteiger partial charge on any atom is 0.417 e. The van der Waals surface area contributed by atoms with E-state index in [9.17, 15) is 14.7 Å². The van der Waals surface area contributed by atoms with Gasteiger partial charge in [-0.3, -0.25) is 10.1 Å². The maximum absolute atomic E-state index is 13.1. The minimum absolute atomic E-state index is 0.00575. The van der Waals surface area contributed by atoms with Gasteiger partial charge in [0.2, 0.25) is 0 Å². The van der Waals surface area contributed by atoms with Crippen LogP contribution in [-0.4, -0.2) is 22.4 Å². The highest BCUT2D eigenvalue weighted by atomic mass is 35.5. The molecule has 2 aromatic rings. The zero-order valence-corrected chi connectivity index (χ0v) is 24.0. The van der Waals surface area contributed by atoms with Crippen LogP contribution in [0.3, 0.4) is 0 Å². The van der Waals surface area contributed by atoms with Gasteiger partial charge < -0.3 is 14.4 Å². The van der Waals surface area contributed by atoms with Crippen molar-refractivity contribution in [2.24, 2.45) is 11.3 Å². The largest absolute Gasteiger partial charge is 0.417 e. The van der Waals surface area contributed by atoms with E-state index in [2.05, 4.69) is 52.1 Å². The smallest absolute Gasteiger partial charge is 0.410 e. The lowest BCUT2D eigenvalue weighted by molar-refractivity contribution is 0.182. The van der Waals surface area contributed by atoms with Gasteiger partial charge in [0.25, 0.3) is 5.56 Å². The number of halogens is 1. The van der Waals surface area contributed by atoms with Gasteiger partial charge in [0.1, 0.15) is 5.75 Å². The second-order valence-electron chi connectivity index (χ2n) is 11.2. The number of hydrogen-bond donors (Lipinski definition) is 2. The average Bonchev–Trinajstić information content (AvgIpc) is 2.83. The van der Waals surface area contributed by atoms with Crippen molar-refractivity contribution in [1.82, 2.24) is 4.57 Å². The minimum Gasteiger partial charge on any atom is -0.410 e. The summed E-state index contributed by atoms with van der Waals surface area (Å²) in [5.41, 5.74) is 4.77. The molecule has 3 rings (SSSR count). The number of nitrogens with zero attached hydrogens (tertiary/aromatic N) is 1. The van der Waals surface area contributed by atoms with Crippen LogP contribution in [0.2, 0.25) is 5.02 Å². The molecule has 0 radical (unpaired) electrons. The molecule has 1 unspecified atom stereocenters. The number of fused-ring (bicyclic) bond motifs is 1. The van der Waals surface area contributed by atoms with E-state index in [1.54, 1.807) is 28.8 Å². The van der Waals surface area contributed by atoms with Crippen LogP contribution in [0.1, 0.15) is 71.6 Å². The number of benzene rings is 1. The van der Waals surface area contributed by atoms with Gasteiger partial charge >= 0.3 is 6.09 Å². The van der Waals surface area contributed by atoms with Gasteiger partial charge in [-0.25, -0.2) is 4.79 Å². The highest BCUT2D eigenvalue weighted by Crippen LogP contribution is 2.44. The molecule has 7 heteroatoms. The first-order chi connectivity index (χ1) is 18.0. The number of carbonyl (C=O) groups is 1. The van der Waals surface area contributed by atoms with Crippen LogP contribution in [0.25, 0.3) is 0 Å². The summed E-state index contributed by atoms with van der Waals surface area (Å²) >= 11 is 5.94. The predicted octanol–water partition coefficient (Wildman–Crippen LogP) is 7.32. The molecule has 2 N–H and O–H groups in total. The summed E-state index contributed by atoms with van der Waals surface area (Å²) in [6.45, 7) is 11.4. The van der Waals surface area contributed by atoms with E-state index in [4.69, 9.17) is 16.3 Å². The summed E-state index contributed by atoms with van der Waals surface area (Å²) in [7, 11) is 0. The molecule has 1 aliphatic carbocycles. The molecule has 0 saturated heterocycles. The number of aromatic nitrogens is 1. The molecule has 1 heterocycles. The number of nitrogens with one attached hydrogen (secondary N) is 1. The number of aliphatic hydroxyl groups excluding tert-OH is 1. The molecule has 1 atom stereocenters. The number of hydrogen-bond acceptors (Lipinski definition) is 4. The summed E-state index contributed by atoms with van der Waals surface area (Å²) in [5, 5.41) is 12.7. The van der Waals surface area contributed by atoms with Crippen molar-refractivity contribution < 1.29 is 14.6 Å². The molecular weight excluding hydrogens is 500 g/mol. The van der Waals surface area contributed by atoms with E-state index in [1.807, 2.05) is 0 Å². The van der Waals surface area contributed by atoms with Crippen molar-refractivity contribution in [2.45, 2.75) is 79.7 Å². The first kappa shape index (κ1) is 29.7. The van der Waals surface area contributed by atoms with Crippen molar-refractivity contribution in [2.75, 3.05) is 11.9 Å². The molecule has 1 amide bonds. The van der Waals surface area contributed by atoms with Gasteiger partial charge in [-0.15, -0.1) is 0 Å². The Morgan fingerprint density at radius 2 is 1.92 bits per heavy atom. The zero-order valence-electron chi connectivity index (χ0n) is 23.3. The fraction of sp³-hybridized carbons (Fsp3) is 0.484. The van der Waals surface area contributed by atoms with Crippen LogP contribution in [0, 0.1) is 11.3 Å². The minimum atomic E-state index is -0.654. The number of allylic oxidation sites excluding steroid dienone is 4. The Kier molecular flexibility index (Phi) is 10.4. The molecule has 6 nitrogen and oxygen atoms in total. The standard InChI is InChI=1S/C31H41ClN2O4/c1-21(2)8-6-9-22(3)10-11-23-18-26-27(20-31(23,4)5)34(16-7-17-35)29(36)19-28(26)38-30(37)33-25-14-12-24(32)13-15-25/h8,10,12-15,19,23,35H,6-7,9,11,16-18,20H2,1-5H3,(H,33,37)/b22-10+. The van der Waals surface area contributed by atoms with Gasteiger partial charge in [0.15, 0.2) is 0 Å². The van der Waals surface area contributed by atoms with Gasteiger partial charge in [0.05, 0.1) is 0 Å². The third-order valence-corrected chi connectivity index (χ3v) is 7.60. The molecule has 0 aliphatic heterocycles. The van der Waals surface area contributed by atoms with Crippen molar-refractivity contribution >= 4 is 23.4 Å². The fourth-order valence-electron chi connectivity index (χ4n) is 5.01. The SMILES string of the molecule is CC(C)=CCC/C(C)=C/CC1Cc2c(OC(=O)Nc3ccc(Cl)cc3)cc(=O)n(CCCO)c2CC1(C)C. The summed E-state index contributed by atoms with van der Waals surface area (Å²) in [6, 6.07) is 8.16. The molecule has 206 valence electrons. The van der Waals surface area contributed by atoms with Gasteiger partial charge in [-0.2, -0.15) is 0 Å². The number of amides is 1. The first-order valence-electron chi connectivity index (χ1n) is 13.4. The number of pyridine rings is 1. The Morgan fingerprint density at radius 3 is 2.58 bits per heavy atom. The maximum atomic E-state index is 13.1. The summed E-state index contributed by atoms with van der Waals surface area (Å²) in [4.78, 5) is 25.9. The van der Waals surface area contributed by atoms with Crippen LogP contribution in [0.5, 0.6) is 5.75 Å². The van der Waals surface area contributed by atoms with E-state index >= 15 is 0 Å². The Bertz CT molecular complexity index is 1240. The monoisotopic (exact) mass is 540 g/mol. The van der Waals surface area contributed by atoms with Crippen LogP contribution in [0.15, 0.2) is 58.4 Å². The summed E-state index contributed by atoms with van der Waals surface area (Å²) in [5.74, 6) is 0.625. The molecule has 0 bridgehead atoms. The lowest BCUT2D eigenvalue weighted by atomic mass is 9.66. The zero-order chi connectivity index (χ0) is 27.9. The topological polar surface area (TPSA) is 80.6 Å². The highest BCUT2D eigenvalue weighted by molar-refractivity contribution is 6.30. The summed E-state index contributed by atoms with van der Waals surface area (Å²) in [6.07, 6.45) is 8.82. The van der Waals surface area contributed by atoms with Crippen LogP contribution in [-0.2, 0) is 19.4 Å². The van der Waals surface area contributed by atoms with Crippen molar-refractivity contribution in [1.29, 1.82) is 0 Å². The van der Waals surface area contributed by atoms with Crippen molar-refractivity contribution in [3.8, 4) is 5.75 Å². The molecule has 0 saturated carbocycles. The normalized spacial score (nSPS) is 16.5. The Labute approximate surface area is 231 Å². The molecular formula is C31H41ClN2O4. The Morgan fingerprint density at radius 1 is 1.21 bits per heavy atom. The van der Waals surface area contributed by atoms with Crippen LogP contribution < -0.4 is 15.6 Å². The van der Waals surface area contributed by atoms with Crippen LogP contribution in [0.4, 0.5) is 10.5 Å². The third kappa shape index (κ3) is 8.08. The van der Waals surface area contributed by atoms with Crippen LogP contribution >= 0.6 is 11.6 Å². The molecule has 1 aromatic heterocycles. The van der Waals surface area contributed by atoms with Gasteiger partial charge in [-0.05, 0) is 94.9 Å². The Balaban J connectivity index is 1.89. The number of aliphatic hydroxyl groups is 1. The van der Waals surface area contributed by atoms with E-state index in [-0.39, 0.29) is 17.6 Å². The van der Waals surface area contributed by atoms with Crippen molar-refractivity contribution in [3.63, 3.8) is 0 Å². The number of ether oxygens (including phenoxy) is 1. The molecule has 0 fully saturated rings. The van der Waals surface area contributed by atoms with E-state index in [1.165, 1.54) is 17.2 Å². The molecule has 1 aromatic carbocycles. The second kappa shape index (κ2) is 13.3.